The van der Waals surface area contributed by atoms with Crippen LogP contribution in [0.15, 0.2) is 0 Å². The van der Waals surface area contributed by atoms with Gasteiger partial charge in [-0.3, -0.25) is 10.6 Å². The van der Waals surface area contributed by atoms with Crippen molar-refractivity contribution in [3.8, 4) is 0 Å². The van der Waals surface area contributed by atoms with Crippen LogP contribution in [0.4, 0.5) is 0 Å². The van der Waals surface area contributed by atoms with Crippen LogP contribution in [0.3, 0.4) is 0 Å². The highest BCUT2D eigenvalue weighted by Crippen LogP contribution is 2.25. The second kappa shape index (κ2) is 7.63. The van der Waals surface area contributed by atoms with Gasteiger partial charge in [-0.15, -0.1) is 0 Å². The smallest absolute Gasteiger partial charge is 0.180 e. The van der Waals surface area contributed by atoms with E-state index in [9.17, 15) is 20.4 Å². The van der Waals surface area contributed by atoms with Crippen LogP contribution in [0.1, 0.15) is 12.8 Å². The van der Waals surface area contributed by atoms with E-state index in [0.717, 1.165) is 0 Å². The van der Waals surface area contributed by atoms with E-state index in [1.165, 1.54) is 0 Å². The quantitative estimate of drug-likeness (QED) is 0.178. The molecular formula is C12H24N2O9. The van der Waals surface area contributed by atoms with Crippen LogP contribution in [0, 0.1) is 0 Å². The van der Waals surface area contributed by atoms with E-state index in [4.69, 9.17) is 30.3 Å². The van der Waals surface area contributed by atoms with E-state index >= 15 is 0 Å². The van der Waals surface area contributed by atoms with Crippen LogP contribution >= 0.6 is 0 Å². The second-order valence-corrected chi connectivity index (χ2v) is 5.75. The number of hydroxylamine groups is 1. The van der Waals surface area contributed by atoms with Crippen molar-refractivity contribution in [2.24, 2.45) is 5.73 Å². The lowest BCUT2D eigenvalue weighted by Gasteiger charge is -2.43. The monoisotopic (exact) mass is 340 g/mol. The van der Waals surface area contributed by atoms with Crippen molar-refractivity contribution in [3.05, 3.63) is 0 Å². The molecule has 0 aliphatic carbocycles. The highest BCUT2D eigenvalue weighted by molar-refractivity contribution is 4.93. The fourth-order valence-corrected chi connectivity index (χ4v) is 2.53. The van der Waals surface area contributed by atoms with Crippen LogP contribution in [0.5, 0.6) is 0 Å². The molecule has 0 saturated carbocycles. The van der Waals surface area contributed by atoms with Gasteiger partial charge < -0.3 is 40.1 Å². The topological polar surface area (TPSA) is 187 Å². The summed E-state index contributed by atoms with van der Waals surface area (Å²) in [6, 6.07) is 0. The van der Waals surface area contributed by atoms with Crippen LogP contribution in [-0.4, -0.2) is 92.6 Å². The van der Waals surface area contributed by atoms with E-state index in [0.29, 0.717) is 0 Å². The van der Waals surface area contributed by atoms with Gasteiger partial charge in [-0.2, -0.15) is 5.48 Å². The minimum atomic E-state index is -2.09. The minimum Gasteiger partial charge on any atom is -0.394 e. The van der Waals surface area contributed by atoms with Gasteiger partial charge in [0.25, 0.3) is 0 Å². The summed E-state index contributed by atoms with van der Waals surface area (Å²) < 4.78 is 10.5. The van der Waals surface area contributed by atoms with Crippen molar-refractivity contribution in [2.45, 2.75) is 61.6 Å². The fourth-order valence-electron chi connectivity index (χ4n) is 2.53. The Bertz CT molecular complexity index is 386. The van der Waals surface area contributed by atoms with Gasteiger partial charge in [-0.05, 0) is 0 Å². The molecule has 2 aliphatic heterocycles. The lowest BCUT2D eigenvalue weighted by atomic mass is 9.95. The molecule has 2 saturated heterocycles. The first kappa shape index (κ1) is 18.9. The molecule has 0 aromatic heterocycles. The predicted molar refractivity (Wildman–Crippen MR) is 72.1 cm³/mol. The first-order chi connectivity index (χ1) is 10.8. The lowest BCUT2D eigenvalue weighted by Crippen LogP contribution is -2.67. The average Bonchev–Trinajstić information content (AvgIpc) is 2.51. The highest BCUT2D eigenvalue weighted by Gasteiger charge is 2.47. The molecule has 0 amide bonds. The molecule has 23 heavy (non-hydrogen) atoms. The summed E-state index contributed by atoms with van der Waals surface area (Å²) >= 11 is 0. The molecule has 136 valence electrons. The molecule has 0 radical (unpaired) electrons. The van der Waals surface area contributed by atoms with Crippen molar-refractivity contribution in [3.63, 3.8) is 0 Å². The summed E-state index contributed by atoms with van der Waals surface area (Å²) in [6.07, 6.45) is -7.98. The van der Waals surface area contributed by atoms with Crippen molar-refractivity contribution in [1.29, 1.82) is 0 Å². The molecule has 9 N–H and O–H groups in total. The Hall–Kier alpha value is -0.440. The average molecular weight is 340 g/mol. The summed E-state index contributed by atoms with van der Waals surface area (Å²) in [6.45, 7) is -1.11. The van der Waals surface area contributed by atoms with Gasteiger partial charge in [-0.1, -0.05) is 0 Å². The Kier molecular flexibility index (Phi) is 6.27. The maximum atomic E-state index is 9.83. The first-order valence-electron chi connectivity index (χ1n) is 7.28. The number of nitrogens with one attached hydrogen (secondary N) is 1. The maximum absolute atomic E-state index is 9.83. The zero-order valence-corrected chi connectivity index (χ0v) is 12.4. The van der Waals surface area contributed by atoms with Crippen molar-refractivity contribution in [1.82, 2.24) is 5.48 Å². The number of ether oxygens (including phenoxy) is 2. The highest BCUT2D eigenvalue weighted by atomic mass is 16.8. The van der Waals surface area contributed by atoms with E-state index < -0.39 is 62.0 Å². The lowest BCUT2D eigenvalue weighted by molar-refractivity contribution is -0.308. The molecule has 11 nitrogen and oxygen atoms in total. The van der Waals surface area contributed by atoms with Gasteiger partial charge in [0.2, 0.25) is 0 Å². The Labute approximate surface area is 132 Å². The van der Waals surface area contributed by atoms with Gasteiger partial charge in [0, 0.05) is 12.8 Å². The summed E-state index contributed by atoms with van der Waals surface area (Å²) in [4.78, 5) is 5.19. The number of nitrogens with two attached hydrogens (primary N) is 1. The molecular weight excluding hydrogens is 316 g/mol. The van der Waals surface area contributed by atoms with Crippen molar-refractivity contribution in [2.75, 3.05) is 13.2 Å². The molecule has 2 fully saturated rings. The van der Waals surface area contributed by atoms with Crippen molar-refractivity contribution >= 4 is 0 Å². The van der Waals surface area contributed by atoms with Gasteiger partial charge in [0.1, 0.15) is 30.6 Å². The molecule has 0 aromatic carbocycles. The molecule has 8 atom stereocenters. The zero-order chi connectivity index (χ0) is 17.2. The molecule has 2 rings (SSSR count). The first-order valence-corrected chi connectivity index (χ1v) is 7.28. The Morgan fingerprint density at radius 1 is 1.13 bits per heavy atom. The summed E-state index contributed by atoms with van der Waals surface area (Å²) in [5.41, 5.74) is 5.84. The van der Waals surface area contributed by atoms with E-state index in [2.05, 4.69) is 5.48 Å². The maximum Gasteiger partial charge on any atom is 0.180 e. The van der Waals surface area contributed by atoms with Crippen LogP contribution in [0.2, 0.25) is 0 Å². The standard InChI is InChI=1S/C12H24N2O9/c13-12(20)7(18)2-9(22-8(12)4-16)14-23-10-1-5(17)11(19)6(3-15)21-10/h5-11,14-20H,1-4,13H2/t5-,6-,7-,8-,9-,10-,11+,12+/m1/s1. The third-order valence-corrected chi connectivity index (χ3v) is 4.03. The zero-order valence-electron chi connectivity index (χ0n) is 12.4. The van der Waals surface area contributed by atoms with Gasteiger partial charge in [0.05, 0.1) is 19.3 Å². The number of aliphatic hydroxyl groups is 6. The summed E-state index contributed by atoms with van der Waals surface area (Å²) in [5.74, 6) is 0. The van der Waals surface area contributed by atoms with Crippen LogP contribution in [-0.2, 0) is 14.3 Å². The number of rotatable bonds is 5. The second-order valence-electron chi connectivity index (χ2n) is 5.75. The van der Waals surface area contributed by atoms with Gasteiger partial charge in [-0.25, -0.2) is 0 Å². The molecule has 0 bridgehead atoms. The molecule has 2 aliphatic rings. The Morgan fingerprint density at radius 3 is 2.43 bits per heavy atom. The van der Waals surface area contributed by atoms with Crippen LogP contribution in [0.25, 0.3) is 0 Å². The minimum absolute atomic E-state index is 0.0514. The number of hydrogen-bond acceptors (Lipinski definition) is 11. The van der Waals surface area contributed by atoms with Gasteiger partial charge >= 0.3 is 0 Å². The molecule has 0 aromatic rings. The summed E-state index contributed by atoms with van der Waals surface area (Å²) in [7, 11) is 0. The van der Waals surface area contributed by atoms with Crippen molar-refractivity contribution < 1.29 is 45.0 Å². The molecule has 0 spiro atoms. The summed E-state index contributed by atoms with van der Waals surface area (Å²) in [5, 5.41) is 57.1. The van der Waals surface area contributed by atoms with E-state index in [1.54, 1.807) is 0 Å². The number of hydrogen-bond donors (Lipinski definition) is 8. The third-order valence-electron chi connectivity index (χ3n) is 4.03. The van der Waals surface area contributed by atoms with Crippen LogP contribution < -0.4 is 11.2 Å². The Balaban J connectivity index is 1.86. The normalized spacial score (nSPS) is 48.4. The SMILES string of the molecule is N[C@]1(O)[C@H](O)C[C@H](NO[C@@H]2C[C@@H](O)[C@H](O)[C@@H](CO)O2)O[C@@H]1CO. The third kappa shape index (κ3) is 4.15. The molecule has 2 heterocycles. The largest absolute Gasteiger partial charge is 0.394 e. The number of aliphatic hydroxyl groups excluding tert-OH is 5. The van der Waals surface area contributed by atoms with E-state index in [-0.39, 0.29) is 12.8 Å². The molecule has 11 heteroatoms. The fraction of sp³-hybridized carbons (Fsp3) is 1.00. The van der Waals surface area contributed by atoms with Gasteiger partial charge in [0.15, 0.2) is 12.0 Å². The van der Waals surface area contributed by atoms with E-state index in [1.807, 2.05) is 0 Å². The Morgan fingerprint density at radius 2 is 1.83 bits per heavy atom. The molecule has 0 unspecified atom stereocenters. The predicted octanol–water partition coefficient (Wildman–Crippen LogP) is -4.55.